The van der Waals surface area contributed by atoms with Gasteiger partial charge in [0.05, 0.1) is 12.1 Å². The Labute approximate surface area is 199 Å². The fraction of sp³-hybridized carbons (Fsp3) is 0.464. The van der Waals surface area contributed by atoms with Crippen molar-refractivity contribution in [2.75, 3.05) is 30.9 Å². The summed E-state index contributed by atoms with van der Waals surface area (Å²) < 4.78 is 0. The van der Waals surface area contributed by atoms with Crippen molar-refractivity contribution in [2.45, 2.75) is 53.4 Å². The number of hydrogen-bond donors (Lipinski definition) is 1. The summed E-state index contributed by atoms with van der Waals surface area (Å²) >= 11 is 0. The molecule has 33 heavy (non-hydrogen) atoms. The molecule has 0 spiro atoms. The van der Waals surface area contributed by atoms with Gasteiger partial charge in [0.2, 0.25) is 0 Å². The second-order valence-electron chi connectivity index (χ2n) is 9.29. The van der Waals surface area contributed by atoms with E-state index < -0.39 is 0 Å². The second-order valence-corrected chi connectivity index (χ2v) is 9.29. The van der Waals surface area contributed by atoms with Crippen LogP contribution in [0.15, 0.2) is 54.6 Å². The number of nitrogens with one attached hydrogen (secondary N) is 1. The van der Waals surface area contributed by atoms with E-state index in [0.717, 1.165) is 40.1 Å². The van der Waals surface area contributed by atoms with Gasteiger partial charge in [0.25, 0.3) is 0 Å². The van der Waals surface area contributed by atoms with Gasteiger partial charge < -0.3 is 10.2 Å². The van der Waals surface area contributed by atoms with Crippen molar-refractivity contribution in [3.05, 3.63) is 60.4 Å². The van der Waals surface area contributed by atoms with Crippen LogP contribution in [0.4, 0.5) is 11.5 Å². The summed E-state index contributed by atoms with van der Waals surface area (Å²) in [6, 6.07) is 17.7. The van der Waals surface area contributed by atoms with Crippen LogP contribution in [0.25, 0.3) is 10.9 Å². The van der Waals surface area contributed by atoms with E-state index in [9.17, 15) is 4.79 Å². The third-order valence-electron chi connectivity index (χ3n) is 5.74. The number of Topliss-reactive ketones (excluding diaryl/α,β-unsaturated/α-hetero) is 1. The standard InChI is InChI=1S/C11H13N3.C9H11NO.C8H16/c1-8-12-10-7-5-4-6-9(10)11(13-8)14(2)3;1-8(11)7-10-9-5-3-2-4-6-9;1-7-3-5-8(2)6-4-7/h4-7H,1-3H3;2-6,10H,7H2,1H3;7-8H,3-6H2,1-2H3. The molecule has 5 nitrogen and oxygen atoms in total. The van der Waals surface area contributed by atoms with Crippen molar-refractivity contribution in [3.8, 4) is 0 Å². The molecular formula is C28H40N4O. The van der Waals surface area contributed by atoms with Crippen molar-refractivity contribution in [3.63, 3.8) is 0 Å². The highest BCUT2D eigenvalue weighted by Gasteiger charge is 2.13. The lowest BCUT2D eigenvalue weighted by molar-refractivity contribution is -0.115. The molecule has 4 rings (SSSR count). The molecule has 1 aliphatic rings. The first kappa shape index (κ1) is 26.3. The molecule has 1 saturated carbocycles. The van der Waals surface area contributed by atoms with Gasteiger partial charge in [-0.25, -0.2) is 9.97 Å². The third-order valence-corrected chi connectivity index (χ3v) is 5.74. The predicted molar refractivity (Wildman–Crippen MR) is 141 cm³/mol. The molecule has 1 aliphatic carbocycles. The Morgan fingerprint density at radius 2 is 1.45 bits per heavy atom. The van der Waals surface area contributed by atoms with Crippen molar-refractivity contribution < 1.29 is 4.79 Å². The van der Waals surface area contributed by atoms with Crippen LogP contribution in [-0.2, 0) is 4.79 Å². The monoisotopic (exact) mass is 448 g/mol. The zero-order valence-corrected chi connectivity index (χ0v) is 21.1. The maximum absolute atomic E-state index is 10.6. The quantitative estimate of drug-likeness (QED) is 0.492. The first-order valence-electron chi connectivity index (χ1n) is 11.9. The van der Waals surface area contributed by atoms with Gasteiger partial charge in [-0.15, -0.1) is 0 Å². The van der Waals surface area contributed by atoms with Crippen molar-refractivity contribution >= 4 is 28.2 Å². The van der Waals surface area contributed by atoms with Crippen LogP contribution in [0.5, 0.6) is 0 Å². The molecule has 0 atom stereocenters. The molecule has 0 unspecified atom stereocenters. The number of ketones is 1. The largest absolute Gasteiger partial charge is 0.378 e. The van der Waals surface area contributed by atoms with Crippen LogP contribution in [0.2, 0.25) is 0 Å². The summed E-state index contributed by atoms with van der Waals surface area (Å²) in [6.45, 7) is 8.62. The molecule has 5 heteroatoms. The van der Waals surface area contributed by atoms with Gasteiger partial charge in [0.15, 0.2) is 0 Å². The number of hydrogen-bond acceptors (Lipinski definition) is 5. The van der Waals surface area contributed by atoms with E-state index in [4.69, 9.17) is 0 Å². The Hall–Kier alpha value is -2.95. The minimum absolute atomic E-state index is 0.147. The van der Waals surface area contributed by atoms with Crippen LogP contribution in [0.3, 0.4) is 0 Å². The second kappa shape index (κ2) is 13.6. The summed E-state index contributed by atoms with van der Waals surface area (Å²) in [5.41, 5.74) is 1.99. The average molecular weight is 449 g/mol. The lowest BCUT2D eigenvalue weighted by Gasteiger charge is -2.22. The Kier molecular flexibility index (Phi) is 10.8. The molecule has 3 aromatic rings. The van der Waals surface area contributed by atoms with Crippen molar-refractivity contribution in [2.24, 2.45) is 11.8 Å². The Balaban J connectivity index is 0.000000182. The van der Waals surface area contributed by atoms with E-state index in [2.05, 4.69) is 29.1 Å². The number of fused-ring (bicyclic) bond motifs is 1. The number of nitrogens with zero attached hydrogens (tertiary/aromatic N) is 3. The lowest BCUT2D eigenvalue weighted by atomic mass is 9.84. The molecule has 2 aromatic carbocycles. The molecule has 0 saturated heterocycles. The number of aromatic nitrogens is 2. The van der Waals surface area contributed by atoms with E-state index in [1.807, 2.05) is 80.5 Å². The highest BCUT2D eigenvalue weighted by atomic mass is 16.1. The van der Waals surface area contributed by atoms with Crippen LogP contribution < -0.4 is 10.2 Å². The summed E-state index contributed by atoms with van der Waals surface area (Å²) in [5.74, 6) is 3.98. The number of carbonyl (C=O) groups is 1. The van der Waals surface area contributed by atoms with Crippen molar-refractivity contribution in [1.82, 2.24) is 9.97 Å². The zero-order chi connectivity index (χ0) is 24.2. The molecule has 1 heterocycles. The molecule has 0 bridgehead atoms. The predicted octanol–water partition coefficient (Wildman–Crippen LogP) is 6.52. The fourth-order valence-corrected chi connectivity index (χ4v) is 3.72. The van der Waals surface area contributed by atoms with Gasteiger partial charge in [0.1, 0.15) is 17.4 Å². The van der Waals surface area contributed by atoms with Crippen LogP contribution in [-0.4, -0.2) is 36.4 Å². The van der Waals surface area contributed by atoms with Crippen LogP contribution in [0.1, 0.15) is 52.3 Å². The van der Waals surface area contributed by atoms with Gasteiger partial charge >= 0.3 is 0 Å². The minimum Gasteiger partial charge on any atom is -0.378 e. The Morgan fingerprint density at radius 1 is 0.909 bits per heavy atom. The molecule has 1 N–H and O–H groups in total. The molecule has 0 amide bonds. The Bertz CT molecular complexity index is 970. The van der Waals surface area contributed by atoms with Gasteiger partial charge in [-0.2, -0.15) is 0 Å². The SMILES string of the molecule is CC(=O)CNc1ccccc1.CC1CCC(C)CC1.Cc1nc(N(C)C)c2ccccc2n1. The first-order valence-corrected chi connectivity index (χ1v) is 11.9. The number of aryl methyl sites for hydroxylation is 1. The van der Waals surface area contributed by atoms with Crippen LogP contribution in [0, 0.1) is 18.8 Å². The maximum Gasteiger partial charge on any atom is 0.148 e. The van der Waals surface area contributed by atoms with Gasteiger partial charge in [-0.3, -0.25) is 4.79 Å². The van der Waals surface area contributed by atoms with E-state index >= 15 is 0 Å². The smallest absolute Gasteiger partial charge is 0.148 e. The van der Waals surface area contributed by atoms with E-state index in [1.54, 1.807) is 6.92 Å². The first-order chi connectivity index (χ1) is 15.8. The molecular weight excluding hydrogens is 408 g/mol. The summed E-state index contributed by atoms with van der Waals surface area (Å²) in [5, 5.41) is 4.09. The number of rotatable bonds is 4. The highest BCUT2D eigenvalue weighted by molar-refractivity contribution is 5.89. The van der Waals surface area contributed by atoms with Crippen LogP contribution >= 0.6 is 0 Å². The molecule has 178 valence electrons. The van der Waals surface area contributed by atoms with Gasteiger partial charge in [0, 0.05) is 25.2 Å². The Morgan fingerprint density at radius 3 is 2.00 bits per heavy atom. The van der Waals surface area contributed by atoms with E-state index in [0.29, 0.717) is 6.54 Å². The summed E-state index contributed by atoms with van der Waals surface area (Å²) in [6.07, 6.45) is 5.89. The number of para-hydroxylation sites is 2. The molecule has 1 fully saturated rings. The number of benzene rings is 2. The number of anilines is 2. The molecule has 0 radical (unpaired) electrons. The highest BCUT2D eigenvalue weighted by Crippen LogP contribution is 2.27. The van der Waals surface area contributed by atoms with Gasteiger partial charge in [-0.05, 0) is 49.9 Å². The lowest BCUT2D eigenvalue weighted by Crippen LogP contribution is -2.12. The molecule has 0 aliphatic heterocycles. The molecule has 1 aromatic heterocycles. The minimum atomic E-state index is 0.147. The van der Waals surface area contributed by atoms with E-state index in [-0.39, 0.29) is 5.78 Å². The average Bonchev–Trinajstić information content (AvgIpc) is 2.80. The normalized spacial score (nSPS) is 17.2. The number of carbonyl (C=O) groups excluding carboxylic acids is 1. The third kappa shape index (κ3) is 9.60. The van der Waals surface area contributed by atoms with E-state index in [1.165, 1.54) is 25.7 Å². The fourth-order valence-electron chi connectivity index (χ4n) is 3.72. The maximum atomic E-state index is 10.6. The van der Waals surface area contributed by atoms with Crippen molar-refractivity contribution in [1.29, 1.82) is 0 Å². The summed E-state index contributed by atoms with van der Waals surface area (Å²) in [7, 11) is 3.99. The topological polar surface area (TPSA) is 58.1 Å². The zero-order valence-electron chi connectivity index (χ0n) is 21.1. The van der Waals surface area contributed by atoms with Gasteiger partial charge in [-0.1, -0.05) is 69.9 Å². The summed E-state index contributed by atoms with van der Waals surface area (Å²) in [4.78, 5) is 21.4.